The molecule has 154 valence electrons. The molecule has 0 aliphatic heterocycles. The summed E-state index contributed by atoms with van der Waals surface area (Å²) < 4.78 is 6.68. The predicted molar refractivity (Wildman–Crippen MR) is 118 cm³/mol. The second kappa shape index (κ2) is 8.71. The van der Waals surface area contributed by atoms with Crippen molar-refractivity contribution in [1.82, 2.24) is 19.5 Å². The molecule has 4 aromatic rings. The van der Waals surface area contributed by atoms with Crippen LogP contribution in [-0.4, -0.2) is 32.4 Å². The van der Waals surface area contributed by atoms with Crippen molar-refractivity contribution in [3.8, 4) is 11.4 Å². The molecule has 0 radical (unpaired) electrons. The number of carbonyl (C=O) groups excluding carboxylic acids is 1. The minimum atomic E-state index is -0.311. The third-order valence-electron chi connectivity index (χ3n) is 4.84. The van der Waals surface area contributed by atoms with Crippen molar-refractivity contribution in [3.05, 3.63) is 101 Å². The standard InChI is InChI=1S/C24H20N4O3/c1-3-19(29)12-17-5-4-6-18(11-17)28-23(30)15-25-21-14-26-22(27-24(21)28)13-16-7-9-20(31-2)10-8-16/h3-11,14-15H,1,12-13H2,2H3. The SMILES string of the molecule is C=CC(=O)Cc1cccc(-n2c(=O)cnc3cnc(Cc4ccc(OC)cc4)nc32)c1. The van der Waals surface area contributed by atoms with Crippen LogP contribution in [0.25, 0.3) is 16.9 Å². The summed E-state index contributed by atoms with van der Waals surface area (Å²) in [6, 6.07) is 14.9. The maximum Gasteiger partial charge on any atom is 0.275 e. The van der Waals surface area contributed by atoms with Gasteiger partial charge in [-0.1, -0.05) is 30.8 Å². The summed E-state index contributed by atoms with van der Waals surface area (Å²) in [5.41, 5.74) is 3.02. The quantitative estimate of drug-likeness (QED) is 0.434. The highest BCUT2D eigenvalue weighted by Crippen LogP contribution is 2.17. The van der Waals surface area contributed by atoms with Crippen LogP contribution >= 0.6 is 0 Å². The fourth-order valence-electron chi connectivity index (χ4n) is 3.28. The van der Waals surface area contributed by atoms with Crippen molar-refractivity contribution >= 4 is 16.9 Å². The number of methoxy groups -OCH3 is 1. The zero-order valence-electron chi connectivity index (χ0n) is 17.0. The molecule has 0 saturated heterocycles. The highest BCUT2D eigenvalue weighted by atomic mass is 16.5. The molecule has 0 N–H and O–H groups in total. The Morgan fingerprint density at radius 1 is 1.10 bits per heavy atom. The summed E-state index contributed by atoms with van der Waals surface area (Å²) in [4.78, 5) is 37.7. The van der Waals surface area contributed by atoms with Gasteiger partial charge in [-0.2, -0.15) is 0 Å². The lowest BCUT2D eigenvalue weighted by Crippen LogP contribution is -2.20. The van der Waals surface area contributed by atoms with E-state index >= 15 is 0 Å². The van der Waals surface area contributed by atoms with Gasteiger partial charge < -0.3 is 4.74 Å². The van der Waals surface area contributed by atoms with Crippen LogP contribution in [0.5, 0.6) is 5.75 Å². The average Bonchev–Trinajstić information content (AvgIpc) is 2.79. The monoisotopic (exact) mass is 412 g/mol. The van der Waals surface area contributed by atoms with Crippen LogP contribution in [0, 0.1) is 0 Å². The highest BCUT2D eigenvalue weighted by molar-refractivity contribution is 5.90. The zero-order chi connectivity index (χ0) is 21.8. The molecule has 0 spiro atoms. The molecule has 2 aromatic carbocycles. The van der Waals surface area contributed by atoms with Gasteiger partial charge in [0.25, 0.3) is 5.56 Å². The number of rotatable bonds is 7. The van der Waals surface area contributed by atoms with Crippen LogP contribution in [0.2, 0.25) is 0 Å². The minimum absolute atomic E-state index is 0.0896. The van der Waals surface area contributed by atoms with Crippen LogP contribution in [0.15, 0.2) is 78.4 Å². The van der Waals surface area contributed by atoms with E-state index in [1.165, 1.54) is 16.8 Å². The molecule has 7 nitrogen and oxygen atoms in total. The Morgan fingerprint density at radius 2 is 1.90 bits per heavy atom. The Bertz CT molecular complexity index is 1330. The molecular formula is C24H20N4O3. The van der Waals surface area contributed by atoms with Crippen molar-refractivity contribution in [3.63, 3.8) is 0 Å². The van der Waals surface area contributed by atoms with E-state index in [9.17, 15) is 9.59 Å². The number of nitrogens with zero attached hydrogens (tertiary/aromatic N) is 4. The van der Waals surface area contributed by atoms with Gasteiger partial charge in [-0.25, -0.2) is 15.0 Å². The van der Waals surface area contributed by atoms with E-state index in [2.05, 4.69) is 21.5 Å². The van der Waals surface area contributed by atoms with Gasteiger partial charge in [0.05, 0.1) is 25.2 Å². The molecule has 0 amide bonds. The molecule has 7 heteroatoms. The smallest absolute Gasteiger partial charge is 0.275 e. The van der Waals surface area contributed by atoms with Gasteiger partial charge in [0, 0.05) is 12.8 Å². The number of aromatic nitrogens is 4. The van der Waals surface area contributed by atoms with Gasteiger partial charge in [-0.15, -0.1) is 0 Å². The second-order valence-electron chi connectivity index (χ2n) is 6.97. The summed E-state index contributed by atoms with van der Waals surface area (Å²) in [5.74, 6) is 1.25. The summed E-state index contributed by atoms with van der Waals surface area (Å²) >= 11 is 0. The minimum Gasteiger partial charge on any atom is -0.497 e. The Balaban J connectivity index is 1.76. The maximum absolute atomic E-state index is 12.7. The first-order chi connectivity index (χ1) is 15.1. The van der Waals surface area contributed by atoms with E-state index in [4.69, 9.17) is 4.74 Å². The number of benzene rings is 2. The van der Waals surface area contributed by atoms with E-state index < -0.39 is 0 Å². The number of allylic oxidation sites excluding steroid dienone is 1. The molecule has 0 saturated carbocycles. The Hall–Kier alpha value is -4.13. The maximum atomic E-state index is 12.7. The van der Waals surface area contributed by atoms with E-state index in [0.717, 1.165) is 16.9 Å². The topological polar surface area (TPSA) is 87.0 Å². The molecule has 31 heavy (non-hydrogen) atoms. The molecular weight excluding hydrogens is 392 g/mol. The number of ketones is 1. The molecule has 4 rings (SSSR count). The number of carbonyl (C=O) groups is 1. The Morgan fingerprint density at radius 3 is 2.65 bits per heavy atom. The van der Waals surface area contributed by atoms with E-state index in [1.54, 1.807) is 31.5 Å². The lowest BCUT2D eigenvalue weighted by atomic mass is 10.1. The van der Waals surface area contributed by atoms with Gasteiger partial charge in [0.1, 0.15) is 17.1 Å². The molecule has 0 aliphatic carbocycles. The van der Waals surface area contributed by atoms with Crippen LogP contribution < -0.4 is 10.3 Å². The van der Waals surface area contributed by atoms with Crippen molar-refractivity contribution in [1.29, 1.82) is 0 Å². The fraction of sp³-hybridized carbons (Fsp3) is 0.125. The number of fused-ring (bicyclic) bond motifs is 1. The van der Waals surface area contributed by atoms with Crippen molar-refractivity contribution < 1.29 is 9.53 Å². The summed E-state index contributed by atoms with van der Waals surface area (Å²) in [5, 5.41) is 0. The van der Waals surface area contributed by atoms with E-state index in [-0.39, 0.29) is 17.8 Å². The second-order valence-corrected chi connectivity index (χ2v) is 6.97. The van der Waals surface area contributed by atoms with Crippen LogP contribution in [0.1, 0.15) is 17.0 Å². The van der Waals surface area contributed by atoms with Crippen molar-refractivity contribution in [2.45, 2.75) is 12.8 Å². The third-order valence-corrected chi connectivity index (χ3v) is 4.84. The van der Waals surface area contributed by atoms with E-state index in [0.29, 0.717) is 29.1 Å². The normalized spacial score (nSPS) is 10.7. The van der Waals surface area contributed by atoms with Gasteiger partial charge in [-0.05, 0) is 41.5 Å². The van der Waals surface area contributed by atoms with Gasteiger partial charge in [0.15, 0.2) is 11.4 Å². The zero-order valence-corrected chi connectivity index (χ0v) is 17.0. The van der Waals surface area contributed by atoms with Crippen LogP contribution in [-0.2, 0) is 17.6 Å². The summed E-state index contributed by atoms with van der Waals surface area (Å²) in [6.07, 6.45) is 4.86. The Labute approximate surface area is 178 Å². The average molecular weight is 412 g/mol. The molecule has 2 aromatic heterocycles. The van der Waals surface area contributed by atoms with E-state index in [1.807, 2.05) is 30.3 Å². The molecule has 0 unspecified atom stereocenters. The fourth-order valence-corrected chi connectivity index (χ4v) is 3.28. The van der Waals surface area contributed by atoms with Crippen molar-refractivity contribution in [2.75, 3.05) is 7.11 Å². The molecule has 2 heterocycles. The first-order valence-electron chi connectivity index (χ1n) is 9.68. The first-order valence-corrected chi connectivity index (χ1v) is 9.68. The third kappa shape index (κ3) is 4.40. The predicted octanol–water partition coefficient (Wildman–Crippen LogP) is 3.07. The lowest BCUT2D eigenvalue weighted by molar-refractivity contribution is -0.114. The number of hydrogen-bond acceptors (Lipinski definition) is 6. The molecule has 0 bridgehead atoms. The largest absolute Gasteiger partial charge is 0.497 e. The molecule has 0 fully saturated rings. The molecule has 0 atom stereocenters. The highest BCUT2D eigenvalue weighted by Gasteiger charge is 2.12. The molecule has 0 aliphatic rings. The summed E-state index contributed by atoms with van der Waals surface area (Å²) in [6.45, 7) is 3.51. The summed E-state index contributed by atoms with van der Waals surface area (Å²) in [7, 11) is 1.62. The first kappa shape index (κ1) is 20.2. The number of hydrogen-bond donors (Lipinski definition) is 0. The van der Waals surface area contributed by atoms with Crippen LogP contribution in [0.4, 0.5) is 0 Å². The van der Waals surface area contributed by atoms with Crippen molar-refractivity contribution in [2.24, 2.45) is 0 Å². The van der Waals surface area contributed by atoms with Gasteiger partial charge >= 0.3 is 0 Å². The lowest BCUT2D eigenvalue weighted by Gasteiger charge is -2.11. The number of ether oxygens (including phenoxy) is 1. The van der Waals surface area contributed by atoms with Gasteiger partial charge in [0.2, 0.25) is 0 Å². The Kier molecular flexibility index (Phi) is 5.66. The van der Waals surface area contributed by atoms with Gasteiger partial charge in [-0.3, -0.25) is 14.2 Å². The van der Waals surface area contributed by atoms with Crippen LogP contribution in [0.3, 0.4) is 0 Å².